The second-order valence-electron chi connectivity index (χ2n) is 5.19. The van der Waals surface area contributed by atoms with Crippen molar-refractivity contribution in [2.45, 2.75) is 37.8 Å². The van der Waals surface area contributed by atoms with Crippen LogP contribution >= 0.6 is 0 Å². The van der Waals surface area contributed by atoms with E-state index < -0.39 is 10.0 Å². The minimum atomic E-state index is -3.44. The zero-order valence-corrected chi connectivity index (χ0v) is 13.0. The van der Waals surface area contributed by atoms with Crippen LogP contribution in [0, 0.1) is 5.92 Å². The Labute approximate surface area is 120 Å². The van der Waals surface area contributed by atoms with Crippen molar-refractivity contribution in [3.05, 3.63) is 23.8 Å². The first-order valence-electron chi connectivity index (χ1n) is 6.88. The number of nitrogens with one attached hydrogen (secondary N) is 2. The molecule has 1 aliphatic rings. The molecule has 0 aliphatic heterocycles. The van der Waals surface area contributed by atoms with Crippen molar-refractivity contribution >= 4 is 10.0 Å². The van der Waals surface area contributed by atoms with Crippen LogP contribution in [-0.2, 0) is 16.6 Å². The summed E-state index contributed by atoms with van der Waals surface area (Å²) >= 11 is 0. The zero-order valence-electron chi connectivity index (χ0n) is 12.1. The predicted molar refractivity (Wildman–Crippen MR) is 78.3 cm³/mol. The number of methoxy groups -OCH3 is 1. The second kappa shape index (κ2) is 6.11. The molecule has 2 N–H and O–H groups in total. The van der Waals surface area contributed by atoms with Crippen molar-refractivity contribution < 1.29 is 13.2 Å². The minimum absolute atomic E-state index is 0.0827. The van der Waals surface area contributed by atoms with E-state index in [0.29, 0.717) is 23.1 Å². The van der Waals surface area contributed by atoms with Gasteiger partial charge >= 0.3 is 0 Å². The monoisotopic (exact) mass is 298 g/mol. The quantitative estimate of drug-likeness (QED) is 0.800. The Morgan fingerprint density at radius 3 is 2.65 bits per heavy atom. The normalized spacial score (nSPS) is 21.8. The lowest BCUT2D eigenvalue weighted by Gasteiger charge is -2.12. The highest BCUT2D eigenvalue weighted by molar-refractivity contribution is 7.89. The van der Waals surface area contributed by atoms with Crippen molar-refractivity contribution in [3.8, 4) is 5.75 Å². The molecule has 2 atom stereocenters. The van der Waals surface area contributed by atoms with E-state index in [1.54, 1.807) is 25.3 Å². The molecule has 1 aromatic carbocycles. The molecule has 0 saturated heterocycles. The maximum absolute atomic E-state index is 12.3. The maximum Gasteiger partial charge on any atom is 0.240 e. The van der Waals surface area contributed by atoms with Crippen LogP contribution in [-0.4, -0.2) is 28.1 Å². The molecule has 0 amide bonds. The molecule has 6 heteroatoms. The van der Waals surface area contributed by atoms with Crippen LogP contribution in [0.1, 0.15) is 25.8 Å². The number of ether oxygens (including phenoxy) is 1. The summed E-state index contributed by atoms with van der Waals surface area (Å²) in [5, 5.41) is 3.18. The van der Waals surface area contributed by atoms with Gasteiger partial charge in [0.25, 0.3) is 0 Å². The van der Waals surface area contributed by atoms with Gasteiger partial charge in [0.15, 0.2) is 0 Å². The summed E-state index contributed by atoms with van der Waals surface area (Å²) in [6.45, 7) is 5.45. The highest BCUT2D eigenvalue weighted by Crippen LogP contribution is 2.31. The molecule has 1 fully saturated rings. The van der Waals surface area contributed by atoms with Crippen LogP contribution in [0.3, 0.4) is 0 Å². The van der Waals surface area contributed by atoms with E-state index in [1.807, 2.05) is 13.8 Å². The fourth-order valence-electron chi connectivity index (χ4n) is 2.07. The Hall–Kier alpha value is -1.11. The third kappa shape index (κ3) is 3.50. The van der Waals surface area contributed by atoms with Crippen LogP contribution < -0.4 is 14.8 Å². The SMILES string of the molecule is CCNCc1cc(S(=O)(=O)NC2CC2C)ccc1OC. The Kier molecular flexibility index (Phi) is 4.67. The smallest absolute Gasteiger partial charge is 0.240 e. The molecule has 1 aliphatic carbocycles. The van der Waals surface area contributed by atoms with Gasteiger partial charge < -0.3 is 10.1 Å². The van der Waals surface area contributed by atoms with Crippen molar-refractivity contribution in [2.75, 3.05) is 13.7 Å². The summed E-state index contributed by atoms with van der Waals surface area (Å²) < 4.78 is 32.6. The molecule has 112 valence electrons. The van der Waals surface area contributed by atoms with Gasteiger partial charge in [-0.15, -0.1) is 0 Å². The number of hydrogen-bond donors (Lipinski definition) is 2. The minimum Gasteiger partial charge on any atom is -0.496 e. The van der Waals surface area contributed by atoms with Crippen LogP contribution in [0.2, 0.25) is 0 Å². The van der Waals surface area contributed by atoms with Gasteiger partial charge in [-0.05, 0) is 37.1 Å². The van der Waals surface area contributed by atoms with Gasteiger partial charge in [0.1, 0.15) is 5.75 Å². The molecule has 0 radical (unpaired) electrons. The van der Waals surface area contributed by atoms with Gasteiger partial charge in [-0.2, -0.15) is 0 Å². The summed E-state index contributed by atoms with van der Waals surface area (Å²) in [6, 6.07) is 5.05. The summed E-state index contributed by atoms with van der Waals surface area (Å²) in [6.07, 6.45) is 0.916. The number of rotatable bonds is 7. The van der Waals surface area contributed by atoms with Crippen LogP contribution in [0.25, 0.3) is 0 Å². The van der Waals surface area contributed by atoms with Crippen molar-refractivity contribution in [2.24, 2.45) is 5.92 Å². The molecule has 20 heavy (non-hydrogen) atoms. The van der Waals surface area contributed by atoms with Crippen LogP contribution in [0.15, 0.2) is 23.1 Å². The van der Waals surface area contributed by atoms with Crippen LogP contribution in [0.5, 0.6) is 5.75 Å². The standard InChI is InChI=1S/C14H22N2O3S/c1-4-15-9-11-8-12(5-6-14(11)19-3)20(17,18)16-13-7-10(13)2/h5-6,8,10,13,15-16H,4,7,9H2,1-3H3. The highest BCUT2D eigenvalue weighted by atomic mass is 32.2. The molecule has 0 aromatic heterocycles. The predicted octanol–water partition coefficient (Wildman–Crippen LogP) is 1.49. The Bertz CT molecular complexity index is 572. The first-order chi connectivity index (χ1) is 9.47. The Morgan fingerprint density at radius 2 is 2.10 bits per heavy atom. The second-order valence-corrected chi connectivity index (χ2v) is 6.91. The number of benzene rings is 1. The molecule has 0 bridgehead atoms. The van der Waals surface area contributed by atoms with E-state index in [4.69, 9.17) is 4.74 Å². The largest absolute Gasteiger partial charge is 0.496 e. The summed E-state index contributed by atoms with van der Waals surface area (Å²) in [7, 11) is -1.85. The summed E-state index contributed by atoms with van der Waals surface area (Å²) in [5.74, 6) is 1.13. The molecule has 0 heterocycles. The lowest BCUT2D eigenvalue weighted by atomic mass is 10.2. The van der Waals surface area contributed by atoms with Crippen molar-refractivity contribution in [1.29, 1.82) is 0 Å². The lowest BCUT2D eigenvalue weighted by molar-refractivity contribution is 0.407. The van der Waals surface area contributed by atoms with E-state index in [-0.39, 0.29) is 6.04 Å². The van der Waals surface area contributed by atoms with E-state index in [1.165, 1.54) is 0 Å². The Morgan fingerprint density at radius 1 is 1.40 bits per heavy atom. The van der Waals surface area contributed by atoms with Gasteiger partial charge in [-0.3, -0.25) is 0 Å². The summed E-state index contributed by atoms with van der Waals surface area (Å²) in [5.41, 5.74) is 0.848. The fraction of sp³-hybridized carbons (Fsp3) is 0.571. The fourth-order valence-corrected chi connectivity index (χ4v) is 3.48. The van der Waals surface area contributed by atoms with Crippen molar-refractivity contribution in [3.63, 3.8) is 0 Å². The maximum atomic E-state index is 12.3. The average molecular weight is 298 g/mol. The molecule has 1 saturated carbocycles. The van der Waals surface area contributed by atoms with Gasteiger partial charge in [-0.1, -0.05) is 13.8 Å². The Balaban J connectivity index is 2.22. The summed E-state index contributed by atoms with van der Waals surface area (Å²) in [4.78, 5) is 0.297. The van der Waals surface area contributed by atoms with E-state index >= 15 is 0 Å². The first-order valence-corrected chi connectivity index (χ1v) is 8.36. The molecule has 0 spiro atoms. The van der Waals surface area contributed by atoms with E-state index in [2.05, 4.69) is 10.0 Å². The van der Waals surface area contributed by atoms with Gasteiger partial charge in [0.05, 0.1) is 12.0 Å². The zero-order chi connectivity index (χ0) is 14.8. The van der Waals surface area contributed by atoms with E-state index in [9.17, 15) is 8.42 Å². The molecule has 2 unspecified atom stereocenters. The number of sulfonamides is 1. The average Bonchev–Trinajstić information content (AvgIpc) is 3.10. The van der Waals surface area contributed by atoms with Gasteiger partial charge in [0, 0.05) is 18.2 Å². The molecule has 1 aromatic rings. The van der Waals surface area contributed by atoms with Crippen molar-refractivity contribution in [1.82, 2.24) is 10.0 Å². The molecular formula is C14H22N2O3S. The lowest BCUT2D eigenvalue weighted by Crippen LogP contribution is -2.27. The topological polar surface area (TPSA) is 67.4 Å². The molecule has 2 rings (SSSR count). The van der Waals surface area contributed by atoms with Gasteiger partial charge in [-0.25, -0.2) is 13.1 Å². The molecular weight excluding hydrogens is 276 g/mol. The first kappa shape index (κ1) is 15.3. The third-order valence-electron chi connectivity index (χ3n) is 3.54. The third-order valence-corrected chi connectivity index (χ3v) is 5.03. The van der Waals surface area contributed by atoms with E-state index in [0.717, 1.165) is 18.5 Å². The molecule has 5 nitrogen and oxygen atoms in total. The van der Waals surface area contributed by atoms with Crippen LogP contribution in [0.4, 0.5) is 0 Å². The van der Waals surface area contributed by atoms with Gasteiger partial charge in [0.2, 0.25) is 10.0 Å². The number of hydrogen-bond acceptors (Lipinski definition) is 4. The highest BCUT2D eigenvalue weighted by Gasteiger charge is 2.36.